The Balaban J connectivity index is 2.52. The summed E-state index contributed by atoms with van der Waals surface area (Å²) in [5.74, 6) is 0. The number of fused-ring (bicyclic) bond motifs is 1. The third kappa shape index (κ3) is 3.02. The maximum atomic E-state index is 5.88. The summed E-state index contributed by atoms with van der Waals surface area (Å²) in [6.07, 6.45) is 0. The fourth-order valence-electron chi connectivity index (χ4n) is 2.44. The molecule has 0 saturated heterocycles. The van der Waals surface area contributed by atoms with Crippen molar-refractivity contribution in [2.24, 2.45) is 0 Å². The first-order valence-electron chi connectivity index (χ1n) is 6.67. The zero-order valence-corrected chi connectivity index (χ0v) is 13.6. The molecule has 1 nitrogen and oxygen atoms in total. The lowest BCUT2D eigenvalue weighted by molar-refractivity contribution is 0.330. The van der Waals surface area contributed by atoms with Gasteiger partial charge in [-0.15, -0.1) is 4.67 Å². The van der Waals surface area contributed by atoms with Crippen molar-refractivity contribution in [2.75, 3.05) is 0 Å². The topological polar surface area (TPSA) is 3.24 Å². The van der Waals surface area contributed by atoms with E-state index in [4.69, 9.17) is 11.8 Å². The molecular weight excluding hydrogens is 269 g/mol. The van der Waals surface area contributed by atoms with Crippen LogP contribution >= 0.6 is 6.85 Å². The van der Waals surface area contributed by atoms with Gasteiger partial charge in [-0.25, -0.2) is 0 Å². The largest absolute Gasteiger partial charge is 0.307 e. The summed E-state index contributed by atoms with van der Waals surface area (Å²) < 4.78 is 2.43. The molecule has 1 unspecified atom stereocenters. The first kappa shape index (κ1) is 14.6. The molecule has 0 aliphatic heterocycles. The molecule has 3 heteroatoms. The van der Waals surface area contributed by atoms with E-state index in [1.807, 2.05) is 12.1 Å². The lowest BCUT2D eigenvalue weighted by Crippen LogP contribution is -2.32. The van der Waals surface area contributed by atoms with Gasteiger partial charge in [-0.1, -0.05) is 30.3 Å². The maximum Gasteiger partial charge on any atom is 0.307 e. The molecule has 2 aromatic carbocycles. The van der Waals surface area contributed by atoms with Crippen LogP contribution in [0.2, 0.25) is 0 Å². The van der Waals surface area contributed by atoms with Gasteiger partial charge in [0.15, 0.2) is 17.1 Å². The maximum absolute atomic E-state index is 5.88. The molecule has 1 radical (unpaired) electrons. The van der Waals surface area contributed by atoms with Crippen LogP contribution in [-0.2, 0) is 11.8 Å². The molecule has 19 heavy (non-hydrogen) atoms. The molecule has 0 aliphatic rings. The molecule has 2 rings (SSSR count). The van der Waals surface area contributed by atoms with Gasteiger partial charge in [0.25, 0.3) is 0 Å². The second-order valence-corrected chi connectivity index (χ2v) is 7.78. The van der Waals surface area contributed by atoms with Crippen LogP contribution < -0.4 is 5.30 Å². The van der Waals surface area contributed by atoms with Crippen LogP contribution in [0.3, 0.4) is 0 Å². The lowest BCUT2D eigenvalue weighted by atomic mass is 10.1. The number of benzene rings is 2. The van der Waals surface area contributed by atoms with Gasteiger partial charge in [0, 0.05) is 17.5 Å². The van der Waals surface area contributed by atoms with E-state index in [0.29, 0.717) is 12.1 Å². The first-order chi connectivity index (χ1) is 9.02. The average Bonchev–Trinajstić information content (AvgIpc) is 2.37. The minimum Gasteiger partial charge on any atom is -0.111 e. The van der Waals surface area contributed by atoms with E-state index < -0.39 is 6.85 Å². The van der Waals surface area contributed by atoms with Crippen LogP contribution in [0.15, 0.2) is 36.4 Å². The van der Waals surface area contributed by atoms with Crippen molar-refractivity contribution in [2.45, 2.75) is 39.8 Å². The van der Waals surface area contributed by atoms with Crippen molar-refractivity contribution in [1.82, 2.24) is 4.67 Å². The van der Waals surface area contributed by atoms with Gasteiger partial charge in [0.2, 0.25) is 0 Å². The van der Waals surface area contributed by atoms with E-state index in [0.717, 1.165) is 0 Å². The predicted octanol–water partition coefficient (Wildman–Crippen LogP) is 4.24. The summed E-state index contributed by atoms with van der Waals surface area (Å²) in [7, 11) is 0. The zero-order chi connectivity index (χ0) is 14.0. The van der Waals surface area contributed by atoms with Crippen LogP contribution in [0, 0.1) is 6.07 Å². The van der Waals surface area contributed by atoms with Crippen molar-refractivity contribution in [3.8, 4) is 0 Å². The van der Waals surface area contributed by atoms with Gasteiger partial charge in [0.05, 0.1) is 0 Å². The summed E-state index contributed by atoms with van der Waals surface area (Å²) in [5, 5.41) is 3.66. The summed E-state index contributed by atoms with van der Waals surface area (Å²) >= 11 is 5.88. The molecule has 0 fully saturated rings. The van der Waals surface area contributed by atoms with E-state index in [9.17, 15) is 0 Å². The van der Waals surface area contributed by atoms with Crippen LogP contribution in [0.25, 0.3) is 10.8 Å². The van der Waals surface area contributed by atoms with Crippen LogP contribution in [0.5, 0.6) is 0 Å². The Kier molecular flexibility index (Phi) is 4.67. The van der Waals surface area contributed by atoms with E-state index in [1.165, 1.54) is 16.1 Å². The summed E-state index contributed by atoms with van der Waals surface area (Å²) in [6, 6.07) is 16.8. The number of rotatable bonds is 4. The smallest absolute Gasteiger partial charge is 0.111 e. The highest BCUT2D eigenvalue weighted by atomic mass is 32.4. The van der Waals surface area contributed by atoms with Crippen molar-refractivity contribution < 1.29 is 0 Å². The molecule has 0 bridgehead atoms. The Bertz CT molecular complexity index is 579. The lowest BCUT2D eigenvalue weighted by Gasteiger charge is -2.21. The second-order valence-electron chi connectivity index (χ2n) is 5.25. The van der Waals surface area contributed by atoms with Gasteiger partial charge < -0.3 is 0 Å². The van der Waals surface area contributed by atoms with E-state index in [-0.39, 0.29) is 0 Å². The standard InChI is InChI=1S/C16H20NPS/c1-12(2)17(13(3)4)18(19)16-11-7-9-14-8-5-6-10-15(14)16/h5-9,11-13H,1-4H3/q+1. The molecule has 0 amide bonds. The van der Waals surface area contributed by atoms with E-state index >= 15 is 0 Å². The zero-order valence-electron chi connectivity index (χ0n) is 11.9. The van der Waals surface area contributed by atoms with Crippen LogP contribution in [0.4, 0.5) is 0 Å². The van der Waals surface area contributed by atoms with E-state index in [1.54, 1.807) is 0 Å². The number of hydrogen-bond acceptors (Lipinski definition) is 1. The van der Waals surface area contributed by atoms with Gasteiger partial charge in [-0.05, 0) is 45.2 Å². The molecule has 0 aromatic heterocycles. The Morgan fingerprint density at radius 1 is 1.05 bits per heavy atom. The first-order valence-corrected chi connectivity index (χ1v) is 8.98. The Morgan fingerprint density at radius 3 is 2.32 bits per heavy atom. The molecule has 0 N–H and O–H groups in total. The molecule has 99 valence electrons. The molecule has 0 saturated carbocycles. The fraction of sp³-hybridized carbons (Fsp3) is 0.375. The third-order valence-corrected chi connectivity index (χ3v) is 6.43. The van der Waals surface area contributed by atoms with E-state index in [2.05, 4.69) is 62.7 Å². The molecule has 0 aliphatic carbocycles. The van der Waals surface area contributed by atoms with Crippen molar-refractivity contribution in [3.05, 3.63) is 42.5 Å². The Hall–Kier alpha value is -0.820. The second kappa shape index (κ2) is 6.09. The van der Waals surface area contributed by atoms with Gasteiger partial charge in [-0.2, -0.15) is 0 Å². The average molecular weight is 289 g/mol. The predicted molar refractivity (Wildman–Crippen MR) is 88.8 cm³/mol. The van der Waals surface area contributed by atoms with Crippen LogP contribution in [0.1, 0.15) is 27.7 Å². The number of hydrogen-bond donors (Lipinski definition) is 0. The minimum absolute atomic E-state index is 0.461. The highest BCUT2D eigenvalue weighted by molar-refractivity contribution is 8.07. The van der Waals surface area contributed by atoms with Crippen molar-refractivity contribution in [3.63, 3.8) is 0 Å². The van der Waals surface area contributed by atoms with Gasteiger partial charge in [0.1, 0.15) is 0 Å². The molecule has 0 heterocycles. The Morgan fingerprint density at radius 2 is 1.68 bits per heavy atom. The minimum atomic E-state index is -0.732. The summed E-state index contributed by atoms with van der Waals surface area (Å²) in [6.45, 7) is 8.14. The fourth-order valence-corrected chi connectivity index (χ4v) is 5.71. The van der Waals surface area contributed by atoms with Gasteiger partial charge >= 0.3 is 6.85 Å². The van der Waals surface area contributed by atoms with Gasteiger partial charge in [-0.3, -0.25) is 0 Å². The monoisotopic (exact) mass is 289 g/mol. The van der Waals surface area contributed by atoms with Crippen molar-refractivity contribution in [1.29, 1.82) is 0 Å². The molecule has 2 aromatic rings. The number of nitrogens with zero attached hydrogens (tertiary/aromatic N) is 1. The SMILES string of the molecule is CC(C)N(C(C)C)[P+](=S)c1cccc2ccc[c]c12. The Labute approximate surface area is 122 Å². The molecular formula is C16H20NPS+. The van der Waals surface area contributed by atoms with Crippen molar-refractivity contribution >= 4 is 34.7 Å². The third-order valence-electron chi connectivity index (χ3n) is 3.15. The highest BCUT2D eigenvalue weighted by Crippen LogP contribution is 2.34. The normalized spacial score (nSPS) is 12.7. The highest BCUT2D eigenvalue weighted by Gasteiger charge is 2.32. The quantitative estimate of drug-likeness (QED) is 0.774. The summed E-state index contributed by atoms with van der Waals surface area (Å²) in [5.41, 5.74) is 0. The van der Waals surface area contributed by atoms with Crippen LogP contribution in [-0.4, -0.2) is 16.8 Å². The molecule has 0 spiro atoms. The molecule has 1 atom stereocenters. The summed E-state index contributed by atoms with van der Waals surface area (Å²) in [4.78, 5) is 0.